The van der Waals surface area contributed by atoms with Crippen LogP contribution in [-0.2, 0) is 0 Å². The van der Waals surface area contributed by atoms with E-state index in [0.29, 0.717) is 0 Å². The minimum Gasteiger partial charge on any atom is -0.478 e. The topological polar surface area (TPSA) is 66.4 Å². The van der Waals surface area contributed by atoms with E-state index in [4.69, 9.17) is 16.7 Å². The monoisotopic (exact) mass is 311 g/mol. The number of carbonyl (C=O) groups excluding carboxylic acids is 1. The molecule has 0 spiro atoms. The first-order valence-corrected chi connectivity index (χ1v) is 6.06. The van der Waals surface area contributed by atoms with Crippen LogP contribution in [0.4, 0.5) is 14.5 Å². The van der Waals surface area contributed by atoms with E-state index in [9.17, 15) is 18.4 Å². The van der Waals surface area contributed by atoms with Gasteiger partial charge in [-0.2, -0.15) is 0 Å². The minimum absolute atomic E-state index is 0.0503. The smallest absolute Gasteiger partial charge is 0.335 e. The molecule has 0 bridgehead atoms. The predicted molar refractivity (Wildman–Crippen MR) is 72.7 cm³/mol. The Balaban J connectivity index is 2.30. The lowest BCUT2D eigenvalue weighted by atomic mass is 10.1. The Morgan fingerprint density at radius 1 is 1.10 bits per heavy atom. The molecule has 0 radical (unpaired) electrons. The summed E-state index contributed by atoms with van der Waals surface area (Å²) in [5, 5.41) is 11.0. The number of aromatic carboxylic acids is 1. The Morgan fingerprint density at radius 2 is 1.71 bits per heavy atom. The third-order valence-electron chi connectivity index (χ3n) is 2.65. The molecule has 0 fully saturated rings. The maximum Gasteiger partial charge on any atom is 0.335 e. The van der Waals surface area contributed by atoms with Crippen LogP contribution < -0.4 is 5.32 Å². The molecular formula is C14H8ClF2NO3. The van der Waals surface area contributed by atoms with Crippen molar-refractivity contribution in [2.45, 2.75) is 0 Å². The van der Waals surface area contributed by atoms with E-state index in [-0.39, 0.29) is 16.3 Å². The van der Waals surface area contributed by atoms with E-state index in [1.54, 1.807) is 0 Å². The van der Waals surface area contributed by atoms with Gasteiger partial charge in [0.1, 0.15) is 17.2 Å². The van der Waals surface area contributed by atoms with Gasteiger partial charge in [0.05, 0.1) is 16.3 Å². The summed E-state index contributed by atoms with van der Waals surface area (Å²) < 4.78 is 26.9. The number of carbonyl (C=O) groups is 2. The molecule has 0 saturated heterocycles. The van der Waals surface area contributed by atoms with E-state index in [1.165, 1.54) is 12.1 Å². The molecule has 2 aromatic carbocycles. The molecule has 7 heteroatoms. The Morgan fingerprint density at radius 3 is 2.24 bits per heavy atom. The molecular weight excluding hydrogens is 304 g/mol. The molecule has 2 N–H and O–H groups in total. The highest BCUT2D eigenvalue weighted by molar-refractivity contribution is 6.34. The standard InChI is InChI=1S/C14H8ClF2NO3/c15-8-6-7(14(20)21)4-5-11(8)18-13(19)12-9(16)2-1-3-10(12)17/h1-6H,(H,18,19)(H,20,21). The van der Waals surface area contributed by atoms with Gasteiger partial charge in [0.25, 0.3) is 5.91 Å². The quantitative estimate of drug-likeness (QED) is 0.910. The van der Waals surface area contributed by atoms with E-state index in [1.807, 2.05) is 0 Å². The van der Waals surface area contributed by atoms with E-state index in [0.717, 1.165) is 24.3 Å². The molecule has 0 aromatic heterocycles. The van der Waals surface area contributed by atoms with Gasteiger partial charge in [-0.15, -0.1) is 0 Å². The third kappa shape index (κ3) is 3.17. The van der Waals surface area contributed by atoms with Crippen LogP contribution in [0.5, 0.6) is 0 Å². The van der Waals surface area contributed by atoms with Gasteiger partial charge in [-0.05, 0) is 30.3 Å². The number of hydrogen-bond donors (Lipinski definition) is 2. The van der Waals surface area contributed by atoms with Gasteiger partial charge in [0.2, 0.25) is 0 Å². The maximum absolute atomic E-state index is 13.5. The summed E-state index contributed by atoms with van der Waals surface area (Å²) in [6.07, 6.45) is 0. The highest BCUT2D eigenvalue weighted by Gasteiger charge is 2.18. The van der Waals surface area contributed by atoms with Crippen molar-refractivity contribution < 1.29 is 23.5 Å². The second kappa shape index (κ2) is 5.88. The van der Waals surface area contributed by atoms with Crippen LogP contribution in [0.3, 0.4) is 0 Å². The molecule has 1 amide bonds. The van der Waals surface area contributed by atoms with Gasteiger partial charge < -0.3 is 10.4 Å². The van der Waals surface area contributed by atoms with Gasteiger partial charge in [0.15, 0.2) is 0 Å². The van der Waals surface area contributed by atoms with E-state index < -0.39 is 29.1 Å². The lowest BCUT2D eigenvalue weighted by molar-refractivity contribution is 0.0696. The van der Waals surface area contributed by atoms with Crippen molar-refractivity contribution in [3.63, 3.8) is 0 Å². The number of carboxylic acids is 1. The summed E-state index contributed by atoms with van der Waals surface area (Å²) >= 11 is 5.82. The van der Waals surface area contributed by atoms with Crippen molar-refractivity contribution in [3.8, 4) is 0 Å². The zero-order valence-corrected chi connectivity index (χ0v) is 11.1. The largest absolute Gasteiger partial charge is 0.478 e. The first kappa shape index (κ1) is 14.9. The fourth-order valence-electron chi connectivity index (χ4n) is 1.65. The molecule has 4 nitrogen and oxygen atoms in total. The van der Waals surface area contributed by atoms with Crippen LogP contribution in [0.25, 0.3) is 0 Å². The Bertz CT molecular complexity index is 714. The minimum atomic E-state index is -1.19. The van der Waals surface area contributed by atoms with Crippen LogP contribution in [0.1, 0.15) is 20.7 Å². The van der Waals surface area contributed by atoms with Crippen molar-refractivity contribution in [1.82, 2.24) is 0 Å². The molecule has 108 valence electrons. The lowest BCUT2D eigenvalue weighted by Crippen LogP contribution is -2.16. The number of carboxylic acid groups (broad SMARTS) is 1. The molecule has 0 unspecified atom stereocenters. The second-order valence-electron chi connectivity index (χ2n) is 4.05. The Labute approximate surface area is 123 Å². The number of rotatable bonds is 3. The molecule has 0 atom stereocenters. The van der Waals surface area contributed by atoms with Crippen molar-refractivity contribution in [3.05, 3.63) is 64.2 Å². The number of nitrogens with one attached hydrogen (secondary N) is 1. The molecule has 0 aliphatic heterocycles. The summed E-state index contributed by atoms with van der Waals surface area (Å²) in [7, 11) is 0. The van der Waals surface area contributed by atoms with Crippen LogP contribution in [0.15, 0.2) is 36.4 Å². The fourth-order valence-corrected chi connectivity index (χ4v) is 1.88. The highest BCUT2D eigenvalue weighted by atomic mass is 35.5. The van der Waals surface area contributed by atoms with Gasteiger partial charge in [-0.1, -0.05) is 17.7 Å². The SMILES string of the molecule is O=C(O)c1ccc(NC(=O)c2c(F)cccc2F)c(Cl)c1. The summed E-state index contributed by atoms with van der Waals surface area (Å²) in [6.45, 7) is 0. The van der Waals surface area contributed by atoms with Crippen LogP contribution in [0.2, 0.25) is 5.02 Å². The third-order valence-corrected chi connectivity index (χ3v) is 2.97. The van der Waals surface area contributed by atoms with Crippen molar-refractivity contribution >= 4 is 29.2 Å². The molecule has 0 aliphatic rings. The first-order valence-electron chi connectivity index (χ1n) is 5.68. The van der Waals surface area contributed by atoms with Gasteiger partial charge in [-0.3, -0.25) is 4.79 Å². The fraction of sp³-hybridized carbons (Fsp3) is 0. The molecule has 2 aromatic rings. The molecule has 0 heterocycles. The average Bonchev–Trinajstić information content (AvgIpc) is 2.40. The molecule has 0 saturated carbocycles. The van der Waals surface area contributed by atoms with Crippen LogP contribution in [0, 0.1) is 11.6 Å². The van der Waals surface area contributed by atoms with Crippen LogP contribution >= 0.6 is 11.6 Å². The molecule has 0 aliphatic carbocycles. The number of anilines is 1. The zero-order valence-electron chi connectivity index (χ0n) is 10.4. The number of halogens is 3. The normalized spacial score (nSPS) is 10.2. The summed E-state index contributed by atoms with van der Waals surface area (Å²) in [5.41, 5.74) is -0.764. The summed E-state index contributed by atoms with van der Waals surface area (Å²) in [6, 6.07) is 6.61. The summed E-state index contributed by atoms with van der Waals surface area (Å²) in [5.74, 6) is -4.22. The molecule has 21 heavy (non-hydrogen) atoms. The highest BCUT2D eigenvalue weighted by Crippen LogP contribution is 2.24. The van der Waals surface area contributed by atoms with Gasteiger partial charge >= 0.3 is 5.97 Å². The number of hydrogen-bond acceptors (Lipinski definition) is 2. The molecule has 2 rings (SSSR count). The van der Waals surface area contributed by atoms with Gasteiger partial charge in [0, 0.05) is 0 Å². The first-order chi connectivity index (χ1) is 9.90. The lowest BCUT2D eigenvalue weighted by Gasteiger charge is -2.09. The van der Waals surface area contributed by atoms with Crippen molar-refractivity contribution in [2.75, 3.05) is 5.32 Å². The Hall–Kier alpha value is -2.47. The van der Waals surface area contributed by atoms with E-state index in [2.05, 4.69) is 5.32 Å². The van der Waals surface area contributed by atoms with Gasteiger partial charge in [-0.25, -0.2) is 13.6 Å². The predicted octanol–water partition coefficient (Wildman–Crippen LogP) is 3.57. The Kier molecular flexibility index (Phi) is 4.18. The van der Waals surface area contributed by atoms with Crippen LogP contribution in [-0.4, -0.2) is 17.0 Å². The van der Waals surface area contributed by atoms with Crippen molar-refractivity contribution in [1.29, 1.82) is 0 Å². The second-order valence-corrected chi connectivity index (χ2v) is 4.46. The average molecular weight is 312 g/mol. The number of amides is 1. The number of benzene rings is 2. The maximum atomic E-state index is 13.5. The zero-order chi connectivity index (χ0) is 15.6. The van der Waals surface area contributed by atoms with E-state index >= 15 is 0 Å². The van der Waals surface area contributed by atoms with Crippen molar-refractivity contribution in [2.24, 2.45) is 0 Å². The summed E-state index contributed by atoms with van der Waals surface area (Å²) in [4.78, 5) is 22.6.